The Morgan fingerprint density at radius 3 is 2.69 bits per heavy atom. The quantitative estimate of drug-likeness (QED) is 0.785. The summed E-state index contributed by atoms with van der Waals surface area (Å²) >= 11 is 0. The lowest BCUT2D eigenvalue weighted by molar-refractivity contribution is 0.209. The van der Waals surface area contributed by atoms with Crippen LogP contribution >= 0.6 is 0 Å². The molecule has 0 spiro atoms. The normalized spacial score (nSPS) is 10.1. The second-order valence-corrected chi connectivity index (χ2v) is 3.06. The second kappa shape index (κ2) is 3.97. The summed E-state index contributed by atoms with van der Waals surface area (Å²) < 4.78 is 6.21. The summed E-state index contributed by atoms with van der Waals surface area (Å²) in [6, 6.07) is 0. The molecule has 2 aromatic rings. The first-order valence-corrected chi connectivity index (χ1v) is 4.43. The molecule has 2 aromatic heterocycles. The number of amides is 1. The highest BCUT2D eigenvalue weighted by Gasteiger charge is 2.04. The molecule has 7 heteroatoms. The fourth-order valence-corrected chi connectivity index (χ4v) is 1.17. The molecule has 0 unspecified atom stereocenters. The number of nitrogens with zero attached hydrogens (tertiary/aromatic N) is 4. The predicted molar refractivity (Wildman–Crippen MR) is 54.4 cm³/mol. The zero-order valence-corrected chi connectivity index (χ0v) is 8.49. The number of primary amides is 1. The lowest BCUT2D eigenvalue weighted by Crippen LogP contribution is -2.17. The van der Waals surface area contributed by atoms with E-state index in [1.165, 1.54) is 12.4 Å². The van der Waals surface area contributed by atoms with Crippen LogP contribution in [0.1, 0.15) is 0 Å². The molecule has 16 heavy (non-hydrogen) atoms. The van der Waals surface area contributed by atoms with Crippen molar-refractivity contribution >= 4 is 6.09 Å². The molecular formula is C9H9N5O2. The van der Waals surface area contributed by atoms with Crippen LogP contribution < -0.4 is 10.5 Å². The molecule has 82 valence electrons. The molecule has 0 radical (unpaired) electrons. The van der Waals surface area contributed by atoms with Gasteiger partial charge in [-0.2, -0.15) is 5.10 Å². The average molecular weight is 219 g/mol. The van der Waals surface area contributed by atoms with E-state index in [1.807, 2.05) is 7.05 Å². The van der Waals surface area contributed by atoms with Gasteiger partial charge in [0.1, 0.15) is 0 Å². The summed E-state index contributed by atoms with van der Waals surface area (Å²) in [4.78, 5) is 18.4. The summed E-state index contributed by atoms with van der Waals surface area (Å²) in [6.45, 7) is 0. The minimum absolute atomic E-state index is 0.0696. The van der Waals surface area contributed by atoms with E-state index < -0.39 is 6.09 Å². The second-order valence-electron chi connectivity index (χ2n) is 3.06. The Hall–Kier alpha value is -2.44. The molecule has 0 aliphatic heterocycles. The lowest BCUT2D eigenvalue weighted by Gasteiger charge is -1.99. The van der Waals surface area contributed by atoms with Crippen molar-refractivity contribution in [1.82, 2.24) is 19.7 Å². The number of carbonyl (C=O) groups excluding carboxylic acids is 1. The molecule has 0 bridgehead atoms. The number of nitrogens with two attached hydrogens (primary N) is 1. The predicted octanol–water partition coefficient (Wildman–Crippen LogP) is 0.335. The Bertz CT molecular complexity index is 505. The Labute approximate surface area is 90.9 Å². The number of hydrogen-bond acceptors (Lipinski definition) is 5. The smallest absolute Gasteiger partial charge is 0.390 e. The third-order valence-corrected chi connectivity index (χ3v) is 1.83. The first kappa shape index (κ1) is 10.1. The summed E-state index contributed by atoms with van der Waals surface area (Å²) in [7, 11) is 1.81. The Morgan fingerprint density at radius 1 is 1.38 bits per heavy atom. The fourth-order valence-electron chi connectivity index (χ4n) is 1.17. The van der Waals surface area contributed by atoms with E-state index in [-0.39, 0.29) is 5.88 Å². The van der Waals surface area contributed by atoms with Gasteiger partial charge in [0.15, 0.2) is 0 Å². The van der Waals surface area contributed by atoms with E-state index in [9.17, 15) is 4.79 Å². The van der Waals surface area contributed by atoms with Crippen LogP contribution in [0.15, 0.2) is 24.8 Å². The number of carbonyl (C=O) groups is 1. The van der Waals surface area contributed by atoms with E-state index in [1.54, 1.807) is 17.1 Å². The van der Waals surface area contributed by atoms with Gasteiger partial charge in [0.25, 0.3) is 0 Å². The van der Waals surface area contributed by atoms with Crippen molar-refractivity contribution in [2.75, 3.05) is 0 Å². The maximum absolute atomic E-state index is 10.4. The summed E-state index contributed by atoms with van der Waals surface area (Å²) in [6.07, 6.45) is 5.36. The zero-order chi connectivity index (χ0) is 11.5. The fraction of sp³-hybridized carbons (Fsp3) is 0.111. The van der Waals surface area contributed by atoms with E-state index in [0.29, 0.717) is 5.69 Å². The van der Waals surface area contributed by atoms with Crippen molar-refractivity contribution in [3.8, 4) is 17.1 Å². The lowest BCUT2D eigenvalue weighted by atomic mass is 10.3. The van der Waals surface area contributed by atoms with Crippen molar-refractivity contribution in [3.63, 3.8) is 0 Å². The van der Waals surface area contributed by atoms with Crippen molar-refractivity contribution < 1.29 is 9.53 Å². The van der Waals surface area contributed by atoms with Crippen LogP contribution in [-0.2, 0) is 7.05 Å². The van der Waals surface area contributed by atoms with Gasteiger partial charge >= 0.3 is 6.09 Å². The van der Waals surface area contributed by atoms with E-state index in [2.05, 4.69) is 19.8 Å². The van der Waals surface area contributed by atoms with Crippen molar-refractivity contribution in [2.24, 2.45) is 12.8 Å². The van der Waals surface area contributed by atoms with Gasteiger partial charge in [-0.15, -0.1) is 0 Å². The molecule has 0 atom stereocenters. The molecule has 0 aromatic carbocycles. The van der Waals surface area contributed by atoms with Crippen LogP contribution in [0, 0.1) is 0 Å². The topological polar surface area (TPSA) is 95.9 Å². The standard InChI is InChI=1S/C9H9N5O2/c1-14-5-6(2-13-14)7-3-12-8(4-11-7)16-9(10)15/h2-5H,1H3,(H2,10,15). The minimum Gasteiger partial charge on any atom is -0.390 e. The highest BCUT2D eigenvalue weighted by molar-refractivity contribution is 5.67. The Kier molecular flexibility index (Phi) is 2.50. The molecule has 0 saturated heterocycles. The number of hydrogen-bond donors (Lipinski definition) is 1. The SMILES string of the molecule is Cn1cc(-c2cnc(OC(N)=O)cn2)cn1. The molecule has 2 N–H and O–H groups in total. The van der Waals surface area contributed by atoms with E-state index in [0.717, 1.165) is 5.56 Å². The van der Waals surface area contributed by atoms with Gasteiger partial charge in [0, 0.05) is 18.8 Å². The van der Waals surface area contributed by atoms with Crippen LogP contribution in [0.25, 0.3) is 11.3 Å². The summed E-state index contributed by atoms with van der Waals surface area (Å²) in [5.74, 6) is 0.0696. The molecule has 0 fully saturated rings. The molecule has 0 saturated carbocycles. The molecule has 0 aliphatic carbocycles. The Balaban J connectivity index is 2.22. The average Bonchev–Trinajstić information content (AvgIpc) is 2.65. The zero-order valence-electron chi connectivity index (χ0n) is 8.49. The van der Waals surface area contributed by atoms with E-state index in [4.69, 9.17) is 5.73 Å². The van der Waals surface area contributed by atoms with Crippen LogP contribution in [0.3, 0.4) is 0 Å². The highest BCUT2D eigenvalue weighted by atomic mass is 16.6. The van der Waals surface area contributed by atoms with Crippen LogP contribution in [0.5, 0.6) is 5.88 Å². The highest BCUT2D eigenvalue weighted by Crippen LogP contribution is 2.15. The first-order valence-electron chi connectivity index (χ1n) is 4.43. The third-order valence-electron chi connectivity index (χ3n) is 1.83. The summed E-state index contributed by atoms with van der Waals surface area (Å²) in [5, 5.41) is 4.01. The van der Waals surface area contributed by atoms with E-state index >= 15 is 0 Å². The maximum atomic E-state index is 10.4. The summed E-state index contributed by atoms with van der Waals surface area (Å²) in [5.41, 5.74) is 6.31. The molecule has 2 heterocycles. The maximum Gasteiger partial charge on any atom is 0.411 e. The van der Waals surface area contributed by atoms with Gasteiger partial charge in [-0.05, 0) is 0 Å². The van der Waals surface area contributed by atoms with Gasteiger partial charge < -0.3 is 10.5 Å². The monoisotopic (exact) mass is 219 g/mol. The molecule has 1 amide bonds. The van der Waals surface area contributed by atoms with Gasteiger partial charge in [0.05, 0.1) is 24.3 Å². The van der Waals surface area contributed by atoms with Gasteiger partial charge in [-0.25, -0.2) is 14.8 Å². The van der Waals surface area contributed by atoms with Crippen LogP contribution in [0.4, 0.5) is 4.79 Å². The first-order chi connectivity index (χ1) is 7.65. The number of aromatic nitrogens is 4. The van der Waals surface area contributed by atoms with Gasteiger partial charge in [0.2, 0.25) is 5.88 Å². The van der Waals surface area contributed by atoms with Gasteiger partial charge in [-0.3, -0.25) is 4.68 Å². The van der Waals surface area contributed by atoms with Crippen molar-refractivity contribution in [2.45, 2.75) is 0 Å². The minimum atomic E-state index is -0.913. The third kappa shape index (κ3) is 2.14. The van der Waals surface area contributed by atoms with Crippen molar-refractivity contribution in [3.05, 3.63) is 24.8 Å². The largest absolute Gasteiger partial charge is 0.411 e. The molecule has 2 rings (SSSR count). The molecule has 7 nitrogen and oxygen atoms in total. The van der Waals surface area contributed by atoms with Crippen LogP contribution in [0.2, 0.25) is 0 Å². The van der Waals surface area contributed by atoms with Crippen molar-refractivity contribution in [1.29, 1.82) is 0 Å². The molecular weight excluding hydrogens is 210 g/mol. The van der Waals surface area contributed by atoms with Gasteiger partial charge in [-0.1, -0.05) is 0 Å². The number of rotatable bonds is 2. The number of aryl methyl sites for hydroxylation is 1. The Morgan fingerprint density at radius 2 is 2.19 bits per heavy atom. The van der Waals surface area contributed by atoms with Crippen LogP contribution in [-0.4, -0.2) is 25.8 Å². The number of ether oxygens (including phenoxy) is 1. The molecule has 0 aliphatic rings.